The van der Waals surface area contributed by atoms with Crippen LogP contribution in [0.15, 0.2) is 42.5 Å². The first-order valence-electron chi connectivity index (χ1n) is 6.55. The van der Waals surface area contributed by atoms with Crippen molar-refractivity contribution in [2.75, 3.05) is 19.4 Å². The van der Waals surface area contributed by atoms with Crippen molar-refractivity contribution in [1.82, 2.24) is 5.32 Å². The number of ether oxygens (including phenoxy) is 1. The Morgan fingerprint density at radius 1 is 1.24 bits per heavy atom. The van der Waals surface area contributed by atoms with Crippen molar-refractivity contribution < 1.29 is 14.3 Å². The molecule has 112 valence electrons. The van der Waals surface area contributed by atoms with Gasteiger partial charge >= 0.3 is 0 Å². The SMILES string of the molecule is C/C=C/C(=O)SCCNC(=O)/C=C/c1ccc(OC)cc1. The Kier molecular flexibility index (Phi) is 7.97. The van der Waals surface area contributed by atoms with E-state index in [0.717, 1.165) is 11.3 Å². The maximum atomic E-state index is 11.6. The summed E-state index contributed by atoms with van der Waals surface area (Å²) in [5.41, 5.74) is 0.920. The predicted octanol–water partition coefficient (Wildman–Crippen LogP) is 2.66. The second-order valence-corrected chi connectivity index (χ2v) is 5.16. The van der Waals surface area contributed by atoms with Crippen LogP contribution < -0.4 is 10.1 Å². The molecule has 1 rings (SSSR count). The highest BCUT2D eigenvalue weighted by Crippen LogP contribution is 2.12. The highest BCUT2D eigenvalue weighted by atomic mass is 32.2. The number of thioether (sulfide) groups is 1. The minimum Gasteiger partial charge on any atom is -0.497 e. The normalized spacial score (nSPS) is 11.0. The first kappa shape index (κ1) is 17.0. The van der Waals surface area contributed by atoms with E-state index in [0.29, 0.717) is 12.3 Å². The van der Waals surface area contributed by atoms with Crippen LogP contribution in [0.2, 0.25) is 0 Å². The molecule has 1 aromatic carbocycles. The van der Waals surface area contributed by atoms with Gasteiger partial charge in [0, 0.05) is 18.4 Å². The largest absolute Gasteiger partial charge is 0.497 e. The summed E-state index contributed by atoms with van der Waals surface area (Å²) in [4.78, 5) is 22.8. The Morgan fingerprint density at radius 3 is 2.57 bits per heavy atom. The lowest BCUT2D eigenvalue weighted by atomic mass is 10.2. The summed E-state index contributed by atoms with van der Waals surface area (Å²) >= 11 is 1.18. The number of benzene rings is 1. The van der Waals surface area contributed by atoms with Crippen molar-refractivity contribution >= 4 is 28.9 Å². The summed E-state index contributed by atoms with van der Waals surface area (Å²) in [5, 5.41) is 2.73. The van der Waals surface area contributed by atoms with Crippen molar-refractivity contribution in [2.24, 2.45) is 0 Å². The molecule has 0 fully saturated rings. The van der Waals surface area contributed by atoms with Crippen LogP contribution in [0.25, 0.3) is 6.08 Å². The third-order valence-electron chi connectivity index (χ3n) is 2.49. The average molecular weight is 305 g/mol. The van der Waals surface area contributed by atoms with E-state index in [4.69, 9.17) is 4.74 Å². The first-order valence-corrected chi connectivity index (χ1v) is 7.53. The zero-order chi connectivity index (χ0) is 15.5. The van der Waals surface area contributed by atoms with Gasteiger partial charge < -0.3 is 10.1 Å². The minimum atomic E-state index is -0.176. The zero-order valence-electron chi connectivity index (χ0n) is 12.2. The highest BCUT2D eigenvalue weighted by Gasteiger charge is 1.99. The fourth-order valence-corrected chi connectivity index (χ4v) is 2.09. The Labute approximate surface area is 129 Å². The monoisotopic (exact) mass is 305 g/mol. The van der Waals surface area contributed by atoms with Gasteiger partial charge in [-0.2, -0.15) is 0 Å². The number of hydrogen-bond donors (Lipinski definition) is 1. The molecule has 1 aromatic rings. The molecule has 0 aromatic heterocycles. The topological polar surface area (TPSA) is 55.4 Å². The molecule has 0 bridgehead atoms. The maximum absolute atomic E-state index is 11.6. The number of carbonyl (C=O) groups excluding carboxylic acids is 2. The summed E-state index contributed by atoms with van der Waals surface area (Å²) in [7, 11) is 1.61. The van der Waals surface area contributed by atoms with Crippen molar-refractivity contribution in [3.05, 3.63) is 48.1 Å². The van der Waals surface area contributed by atoms with E-state index in [1.807, 2.05) is 24.3 Å². The van der Waals surface area contributed by atoms with Gasteiger partial charge in [-0.25, -0.2) is 0 Å². The number of methoxy groups -OCH3 is 1. The number of allylic oxidation sites excluding steroid dienone is 1. The molecule has 0 atom stereocenters. The summed E-state index contributed by atoms with van der Waals surface area (Å²) in [6, 6.07) is 7.41. The molecule has 0 aliphatic rings. The third-order valence-corrected chi connectivity index (χ3v) is 3.32. The number of rotatable bonds is 7. The standard InChI is InChI=1S/C16H19NO3S/c1-3-4-16(19)21-12-11-17-15(18)10-7-13-5-8-14(20-2)9-6-13/h3-10H,11-12H2,1-2H3,(H,17,18)/b4-3+,10-7+. The van der Waals surface area contributed by atoms with Gasteiger partial charge in [0.1, 0.15) is 5.75 Å². The smallest absolute Gasteiger partial charge is 0.244 e. The van der Waals surface area contributed by atoms with Gasteiger partial charge in [0.2, 0.25) is 11.0 Å². The van der Waals surface area contributed by atoms with Gasteiger partial charge in [-0.3, -0.25) is 9.59 Å². The average Bonchev–Trinajstić information content (AvgIpc) is 2.50. The van der Waals surface area contributed by atoms with Crippen molar-refractivity contribution in [3.63, 3.8) is 0 Å². The predicted molar refractivity (Wildman–Crippen MR) is 87.3 cm³/mol. The molecule has 1 amide bonds. The lowest BCUT2D eigenvalue weighted by molar-refractivity contribution is -0.116. The summed E-state index contributed by atoms with van der Waals surface area (Å²) in [6.45, 7) is 2.25. The molecule has 5 heteroatoms. The van der Waals surface area contributed by atoms with Crippen LogP contribution in [0.3, 0.4) is 0 Å². The second kappa shape index (κ2) is 9.83. The van der Waals surface area contributed by atoms with Gasteiger partial charge in [0.05, 0.1) is 7.11 Å². The first-order chi connectivity index (χ1) is 10.2. The summed E-state index contributed by atoms with van der Waals surface area (Å²) in [6.07, 6.45) is 6.41. The molecule has 0 saturated carbocycles. The zero-order valence-corrected chi connectivity index (χ0v) is 13.0. The molecule has 0 radical (unpaired) electrons. The molecular weight excluding hydrogens is 286 g/mol. The number of nitrogens with one attached hydrogen (secondary N) is 1. The van der Waals surface area contributed by atoms with Crippen LogP contribution >= 0.6 is 11.8 Å². The fraction of sp³-hybridized carbons (Fsp3) is 0.250. The maximum Gasteiger partial charge on any atom is 0.244 e. The number of amides is 1. The summed E-state index contributed by atoms with van der Waals surface area (Å²) < 4.78 is 5.06. The molecule has 4 nitrogen and oxygen atoms in total. The Morgan fingerprint density at radius 2 is 1.95 bits per heavy atom. The molecular formula is C16H19NO3S. The van der Waals surface area contributed by atoms with Crippen molar-refractivity contribution in [1.29, 1.82) is 0 Å². The molecule has 0 heterocycles. The van der Waals surface area contributed by atoms with E-state index in [2.05, 4.69) is 5.32 Å². The molecule has 0 spiro atoms. The summed E-state index contributed by atoms with van der Waals surface area (Å²) in [5.74, 6) is 1.16. The minimum absolute atomic E-state index is 0.000485. The van der Waals surface area contributed by atoms with E-state index in [1.165, 1.54) is 23.9 Å². The van der Waals surface area contributed by atoms with Crippen molar-refractivity contribution in [3.8, 4) is 5.75 Å². The second-order valence-electron chi connectivity index (χ2n) is 4.07. The van der Waals surface area contributed by atoms with Crippen LogP contribution in [-0.2, 0) is 9.59 Å². The van der Waals surface area contributed by atoms with Crippen LogP contribution in [0.4, 0.5) is 0 Å². The van der Waals surface area contributed by atoms with E-state index in [1.54, 1.807) is 26.2 Å². The fourth-order valence-electron chi connectivity index (χ4n) is 1.46. The molecule has 0 aliphatic heterocycles. The molecule has 0 unspecified atom stereocenters. The quantitative estimate of drug-likeness (QED) is 0.621. The molecule has 0 saturated heterocycles. The lowest BCUT2D eigenvalue weighted by Crippen LogP contribution is -2.23. The molecule has 1 N–H and O–H groups in total. The van der Waals surface area contributed by atoms with E-state index >= 15 is 0 Å². The molecule has 21 heavy (non-hydrogen) atoms. The van der Waals surface area contributed by atoms with Gasteiger partial charge in [-0.05, 0) is 36.8 Å². The van der Waals surface area contributed by atoms with Crippen LogP contribution in [-0.4, -0.2) is 30.4 Å². The Hall–Kier alpha value is -2.01. The van der Waals surface area contributed by atoms with E-state index < -0.39 is 0 Å². The number of hydrogen-bond acceptors (Lipinski definition) is 4. The Balaban J connectivity index is 2.29. The van der Waals surface area contributed by atoms with E-state index in [-0.39, 0.29) is 11.0 Å². The Bertz CT molecular complexity index is 521. The molecule has 0 aliphatic carbocycles. The van der Waals surface area contributed by atoms with Crippen LogP contribution in [0.5, 0.6) is 5.75 Å². The van der Waals surface area contributed by atoms with E-state index in [9.17, 15) is 9.59 Å². The van der Waals surface area contributed by atoms with Crippen LogP contribution in [0, 0.1) is 0 Å². The van der Waals surface area contributed by atoms with Gasteiger partial charge in [-0.15, -0.1) is 0 Å². The highest BCUT2D eigenvalue weighted by molar-refractivity contribution is 8.14. The van der Waals surface area contributed by atoms with Gasteiger partial charge in [-0.1, -0.05) is 30.0 Å². The lowest BCUT2D eigenvalue weighted by Gasteiger charge is -2.01. The number of carbonyl (C=O) groups is 2. The van der Waals surface area contributed by atoms with Gasteiger partial charge in [0.15, 0.2) is 0 Å². The van der Waals surface area contributed by atoms with Crippen molar-refractivity contribution in [2.45, 2.75) is 6.92 Å². The van der Waals surface area contributed by atoms with Crippen LogP contribution in [0.1, 0.15) is 12.5 Å². The third kappa shape index (κ3) is 7.37. The van der Waals surface area contributed by atoms with Gasteiger partial charge in [0.25, 0.3) is 0 Å².